The molecule has 3 rings (SSSR count). The van der Waals surface area contributed by atoms with E-state index in [1.54, 1.807) is 0 Å². The van der Waals surface area contributed by atoms with E-state index in [2.05, 4.69) is 15.5 Å². The Balaban J connectivity index is 1.99. The fourth-order valence-corrected chi connectivity index (χ4v) is 2.89. The van der Waals surface area contributed by atoms with E-state index >= 15 is 0 Å². The largest absolute Gasteiger partial charge is 0.277 e. The maximum Gasteiger partial charge on any atom is 0.162 e. The molecule has 1 N–H and O–H groups in total. The molecule has 6 heteroatoms. The number of hydrogen-bond acceptors (Lipinski definition) is 6. The zero-order valence-electron chi connectivity index (χ0n) is 12.5. The van der Waals surface area contributed by atoms with Gasteiger partial charge in [0.2, 0.25) is 0 Å². The third kappa shape index (κ3) is 3.35. The molecule has 114 valence electrons. The summed E-state index contributed by atoms with van der Waals surface area (Å²) in [5, 5.41) is 23.5. The van der Waals surface area contributed by atoms with Crippen molar-refractivity contribution in [2.75, 3.05) is 5.43 Å². The van der Waals surface area contributed by atoms with Gasteiger partial charge in [0.05, 0.1) is 5.69 Å². The smallest absolute Gasteiger partial charge is 0.162 e. The zero-order valence-corrected chi connectivity index (χ0v) is 13.3. The van der Waals surface area contributed by atoms with Gasteiger partial charge in [-0.2, -0.15) is 15.6 Å². The summed E-state index contributed by atoms with van der Waals surface area (Å²) in [6.07, 6.45) is 0. The van der Waals surface area contributed by atoms with E-state index < -0.39 is 0 Å². The van der Waals surface area contributed by atoms with Crippen molar-refractivity contribution in [1.29, 1.82) is 10.5 Å². The molecule has 0 fully saturated rings. The molecular formula is C18H11N5S. The van der Waals surface area contributed by atoms with Gasteiger partial charge in [-0.15, -0.1) is 0 Å². The standard InChI is InChI=1S/C18H11N5S/c19-11-14(12-20)17-21-16(13-7-3-1-4-8-13)18(24-17)23-22-15-9-5-2-6-10-15/h1-10,22H/b23-18-. The molecule has 0 saturated carbocycles. The van der Waals surface area contributed by atoms with Crippen molar-refractivity contribution >= 4 is 28.2 Å². The number of anilines is 1. The average Bonchev–Trinajstić information content (AvgIpc) is 3.07. The van der Waals surface area contributed by atoms with Crippen molar-refractivity contribution in [2.45, 2.75) is 0 Å². The number of nitriles is 2. The lowest BCUT2D eigenvalue weighted by Gasteiger charge is -2.03. The minimum atomic E-state index is -0.0154. The maximum absolute atomic E-state index is 9.07. The molecule has 0 atom stereocenters. The van der Waals surface area contributed by atoms with Crippen LogP contribution in [0.4, 0.5) is 5.69 Å². The highest BCUT2D eigenvalue weighted by Crippen LogP contribution is 2.32. The van der Waals surface area contributed by atoms with Crippen LogP contribution in [0.1, 0.15) is 5.56 Å². The number of aliphatic imine (C=N–C) groups is 1. The first-order valence-electron chi connectivity index (χ1n) is 7.07. The maximum atomic E-state index is 9.07. The SMILES string of the molecule is N#CC(C#N)=C1N=C(c2ccccc2)/C(=N/Nc2ccccc2)S1. The second kappa shape index (κ2) is 7.28. The van der Waals surface area contributed by atoms with Gasteiger partial charge in [0.25, 0.3) is 0 Å². The number of nitrogens with zero attached hydrogens (tertiary/aromatic N) is 4. The Labute approximate surface area is 143 Å². The number of rotatable bonds is 3. The predicted octanol–water partition coefficient (Wildman–Crippen LogP) is 3.91. The Morgan fingerprint density at radius 2 is 1.58 bits per heavy atom. The molecule has 0 spiro atoms. The summed E-state index contributed by atoms with van der Waals surface area (Å²) < 4.78 is 0. The van der Waals surface area contributed by atoms with Crippen molar-refractivity contribution in [2.24, 2.45) is 10.1 Å². The van der Waals surface area contributed by atoms with Gasteiger partial charge in [-0.05, 0) is 23.9 Å². The Morgan fingerprint density at radius 3 is 2.21 bits per heavy atom. The molecule has 2 aromatic rings. The molecule has 0 amide bonds. The summed E-state index contributed by atoms with van der Waals surface area (Å²) in [6.45, 7) is 0. The van der Waals surface area contributed by atoms with Crippen LogP contribution in [0.15, 0.2) is 81.4 Å². The molecule has 5 nitrogen and oxygen atoms in total. The molecule has 1 heterocycles. The molecular weight excluding hydrogens is 318 g/mol. The van der Waals surface area contributed by atoms with Gasteiger partial charge in [-0.3, -0.25) is 5.43 Å². The first-order valence-corrected chi connectivity index (χ1v) is 7.89. The van der Waals surface area contributed by atoms with Gasteiger partial charge in [0.1, 0.15) is 27.9 Å². The van der Waals surface area contributed by atoms with E-state index in [9.17, 15) is 0 Å². The van der Waals surface area contributed by atoms with Gasteiger partial charge in [0.15, 0.2) is 5.57 Å². The van der Waals surface area contributed by atoms with Crippen molar-refractivity contribution < 1.29 is 0 Å². The van der Waals surface area contributed by atoms with Crippen LogP contribution >= 0.6 is 11.8 Å². The second-order valence-electron chi connectivity index (χ2n) is 4.73. The molecule has 0 saturated heterocycles. The molecule has 24 heavy (non-hydrogen) atoms. The quantitative estimate of drug-likeness (QED) is 0.683. The Bertz CT molecular complexity index is 899. The number of allylic oxidation sites excluding steroid dienone is 1. The lowest BCUT2D eigenvalue weighted by atomic mass is 10.1. The molecule has 0 radical (unpaired) electrons. The number of thioether (sulfide) groups is 1. The number of hydrazone groups is 1. The molecule has 1 aliphatic rings. The van der Waals surface area contributed by atoms with Crippen molar-refractivity contribution in [1.82, 2.24) is 0 Å². The van der Waals surface area contributed by atoms with Gasteiger partial charge in [-0.25, -0.2) is 4.99 Å². The summed E-state index contributed by atoms with van der Waals surface area (Å²) in [7, 11) is 0. The highest BCUT2D eigenvalue weighted by molar-refractivity contribution is 8.19. The lowest BCUT2D eigenvalue weighted by Crippen LogP contribution is -2.09. The van der Waals surface area contributed by atoms with E-state index in [1.165, 1.54) is 11.8 Å². The fraction of sp³-hybridized carbons (Fsp3) is 0. The minimum Gasteiger partial charge on any atom is -0.277 e. The van der Waals surface area contributed by atoms with Gasteiger partial charge >= 0.3 is 0 Å². The summed E-state index contributed by atoms with van der Waals surface area (Å²) in [6, 6.07) is 22.8. The number of para-hydroxylation sites is 1. The molecule has 0 aromatic heterocycles. The molecule has 0 bridgehead atoms. The first-order chi connectivity index (χ1) is 11.8. The van der Waals surface area contributed by atoms with Crippen molar-refractivity contribution in [3.05, 3.63) is 76.8 Å². The normalized spacial score (nSPS) is 14.7. The zero-order chi connectivity index (χ0) is 16.8. The van der Waals surface area contributed by atoms with Crippen LogP contribution in [0.3, 0.4) is 0 Å². The van der Waals surface area contributed by atoms with E-state index in [-0.39, 0.29) is 5.57 Å². The summed E-state index contributed by atoms with van der Waals surface area (Å²) in [4.78, 5) is 4.44. The van der Waals surface area contributed by atoms with E-state index in [4.69, 9.17) is 10.5 Å². The van der Waals surface area contributed by atoms with Gasteiger partial charge in [-0.1, -0.05) is 48.5 Å². The fourth-order valence-electron chi connectivity index (χ4n) is 2.03. The second-order valence-corrected chi connectivity index (χ2v) is 5.70. The average molecular weight is 329 g/mol. The van der Waals surface area contributed by atoms with Crippen LogP contribution in [0, 0.1) is 22.7 Å². The third-order valence-corrected chi connectivity index (χ3v) is 4.12. The van der Waals surface area contributed by atoms with Crippen LogP contribution in [0.5, 0.6) is 0 Å². The highest BCUT2D eigenvalue weighted by Gasteiger charge is 2.25. The summed E-state index contributed by atoms with van der Waals surface area (Å²) in [5.41, 5.74) is 5.33. The molecule has 0 aliphatic carbocycles. The van der Waals surface area contributed by atoms with Crippen LogP contribution in [-0.2, 0) is 0 Å². The monoisotopic (exact) mass is 329 g/mol. The van der Waals surface area contributed by atoms with Crippen molar-refractivity contribution in [3.8, 4) is 12.1 Å². The Kier molecular flexibility index (Phi) is 4.71. The molecule has 2 aromatic carbocycles. The van der Waals surface area contributed by atoms with Crippen LogP contribution in [-0.4, -0.2) is 10.8 Å². The lowest BCUT2D eigenvalue weighted by molar-refractivity contribution is 1.35. The number of hydrogen-bond donors (Lipinski definition) is 1. The van der Waals surface area contributed by atoms with Crippen LogP contribution < -0.4 is 5.43 Å². The van der Waals surface area contributed by atoms with E-state index in [0.717, 1.165) is 11.3 Å². The van der Waals surface area contributed by atoms with E-state index in [0.29, 0.717) is 15.8 Å². The third-order valence-electron chi connectivity index (χ3n) is 3.15. The topological polar surface area (TPSA) is 84.3 Å². The first kappa shape index (κ1) is 15.5. The van der Waals surface area contributed by atoms with Gasteiger partial charge in [0, 0.05) is 5.56 Å². The van der Waals surface area contributed by atoms with Gasteiger partial charge < -0.3 is 0 Å². The van der Waals surface area contributed by atoms with Crippen LogP contribution in [0.2, 0.25) is 0 Å². The van der Waals surface area contributed by atoms with E-state index in [1.807, 2.05) is 72.8 Å². The summed E-state index contributed by atoms with van der Waals surface area (Å²) in [5.74, 6) is 0. The molecule has 0 unspecified atom stereocenters. The number of nitrogens with one attached hydrogen (secondary N) is 1. The Hall–Kier alpha value is -3.35. The highest BCUT2D eigenvalue weighted by atomic mass is 32.2. The predicted molar refractivity (Wildman–Crippen MR) is 96.3 cm³/mol. The minimum absolute atomic E-state index is 0.0154. The Morgan fingerprint density at radius 1 is 0.958 bits per heavy atom. The molecule has 1 aliphatic heterocycles. The van der Waals surface area contributed by atoms with Crippen LogP contribution in [0.25, 0.3) is 0 Å². The summed E-state index contributed by atoms with van der Waals surface area (Å²) >= 11 is 1.21. The number of benzene rings is 2. The van der Waals surface area contributed by atoms with Crippen molar-refractivity contribution in [3.63, 3.8) is 0 Å².